The average Bonchev–Trinajstić information content (AvgIpc) is 3.72. The number of carbonyl (C=O) groups is 2. The van der Waals surface area contributed by atoms with Crippen molar-refractivity contribution in [3.05, 3.63) is 77.8 Å². The molecule has 0 saturated carbocycles. The van der Waals surface area contributed by atoms with Gasteiger partial charge in [0.1, 0.15) is 22.9 Å². The van der Waals surface area contributed by atoms with Crippen LogP contribution < -0.4 is 0 Å². The molecule has 2 aromatic heterocycles. The topological polar surface area (TPSA) is 116 Å². The maximum absolute atomic E-state index is 12.9. The Morgan fingerprint density at radius 3 is 2.18 bits per heavy atom. The number of benzene rings is 1. The number of hydrogen-bond donors (Lipinski definition) is 2. The molecule has 262 valence electrons. The van der Waals surface area contributed by atoms with Crippen molar-refractivity contribution in [1.29, 1.82) is 0 Å². The Labute approximate surface area is 291 Å². The first-order valence-electron chi connectivity index (χ1n) is 17.2. The summed E-state index contributed by atoms with van der Waals surface area (Å²) < 4.78 is 11.2. The summed E-state index contributed by atoms with van der Waals surface area (Å²) in [6, 6.07) is 7.81. The van der Waals surface area contributed by atoms with E-state index >= 15 is 0 Å². The normalized spacial score (nSPS) is 15.1. The van der Waals surface area contributed by atoms with Crippen LogP contribution >= 0.6 is 0 Å². The number of H-pyrrole nitrogens is 2. The van der Waals surface area contributed by atoms with Crippen LogP contribution in [0.3, 0.4) is 0 Å². The number of allylic oxidation sites excluding steroid dienone is 4. The maximum Gasteiger partial charge on any atom is 0.410 e. The quantitative estimate of drug-likeness (QED) is 0.209. The van der Waals surface area contributed by atoms with Gasteiger partial charge in [0.2, 0.25) is 0 Å². The van der Waals surface area contributed by atoms with Crippen LogP contribution in [0.5, 0.6) is 0 Å². The summed E-state index contributed by atoms with van der Waals surface area (Å²) >= 11 is 0. The number of nitrogens with one attached hydrogen (secondary N) is 2. The highest BCUT2D eigenvalue weighted by Crippen LogP contribution is 2.26. The molecule has 2 N–H and O–H groups in total. The summed E-state index contributed by atoms with van der Waals surface area (Å²) in [7, 11) is 0. The predicted molar refractivity (Wildman–Crippen MR) is 193 cm³/mol. The fourth-order valence-corrected chi connectivity index (χ4v) is 5.29. The predicted octanol–water partition coefficient (Wildman–Crippen LogP) is 8.67. The van der Waals surface area contributed by atoms with Crippen molar-refractivity contribution in [2.75, 3.05) is 13.1 Å². The summed E-state index contributed by atoms with van der Waals surface area (Å²) in [5, 5.41) is 0. The number of ether oxygens (including phenoxy) is 2. The molecule has 2 amide bonds. The van der Waals surface area contributed by atoms with E-state index in [-0.39, 0.29) is 24.1 Å². The van der Waals surface area contributed by atoms with Gasteiger partial charge in [-0.3, -0.25) is 4.90 Å². The number of nitrogens with zero attached hydrogens (tertiary/aromatic N) is 4. The second-order valence-corrected chi connectivity index (χ2v) is 14.4. The van der Waals surface area contributed by atoms with Gasteiger partial charge in [-0.05, 0) is 91.0 Å². The summed E-state index contributed by atoms with van der Waals surface area (Å²) in [6.45, 7) is 18.8. The van der Waals surface area contributed by atoms with Crippen LogP contribution in [0.25, 0.3) is 16.8 Å². The lowest BCUT2D eigenvalue weighted by Gasteiger charge is -2.30. The number of aromatic amines is 2. The monoisotopic (exact) mass is 668 g/mol. The maximum atomic E-state index is 12.9. The summed E-state index contributed by atoms with van der Waals surface area (Å²) in [4.78, 5) is 44.8. The molecule has 2 atom stereocenters. The second kappa shape index (κ2) is 16.1. The third-order valence-corrected chi connectivity index (χ3v) is 7.67. The third kappa shape index (κ3) is 10.9. The molecule has 10 heteroatoms. The summed E-state index contributed by atoms with van der Waals surface area (Å²) in [5.74, 6) is 8.22. The van der Waals surface area contributed by atoms with Gasteiger partial charge in [-0.25, -0.2) is 19.6 Å². The Kier molecular flexibility index (Phi) is 12.2. The Bertz CT molecular complexity index is 1690. The van der Waals surface area contributed by atoms with Gasteiger partial charge < -0.3 is 24.3 Å². The zero-order valence-corrected chi connectivity index (χ0v) is 30.5. The number of hydrogen-bond acceptors (Lipinski definition) is 6. The molecule has 0 fully saturated rings. The van der Waals surface area contributed by atoms with Crippen molar-refractivity contribution in [3.63, 3.8) is 0 Å². The summed E-state index contributed by atoms with van der Waals surface area (Å²) in [6.07, 6.45) is 11.7. The van der Waals surface area contributed by atoms with Crippen LogP contribution in [0.4, 0.5) is 9.59 Å². The lowest BCUT2D eigenvalue weighted by molar-refractivity contribution is 0.0165. The molecule has 1 aromatic carbocycles. The largest absolute Gasteiger partial charge is 0.444 e. The van der Waals surface area contributed by atoms with E-state index in [1.807, 2.05) is 92.8 Å². The Morgan fingerprint density at radius 2 is 1.57 bits per heavy atom. The van der Waals surface area contributed by atoms with Crippen LogP contribution in [0.1, 0.15) is 111 Å². The number of rotatable bonds is 10. The van der Waals surface area contributed by atoms with E-state index in [1.165, 1.54) is 0 Å². The van der Waals surface area contributed by atoms with Crippen molar-refractivity contribution in [1.82, 2.24) is 29.7 Å². The van der Waals surface area contributed by atoms with Crippen molar-refractivity contribution in [3.8, 4) is 23.1 Å². The van der Waals surface area contributed by atoms with E-state index in [1.54, 1.807) is 16.0 Å². The van der Waals surface area contributed by atoms with Gasteiger partial charge in [-0.2, -0.15) is 0 Å². The Hall–Kier alpha value is -4.78. The number of carbonyl (C=O) groups excluding carboxylic acids is 2. The van der Waals surface area contributed by atoms with Gasteiger partial charge in [0.05, 0.1) is 36.4 Å². The van der Waals surface area contributed by atoms with E-state index in [9.17, 15) is 9.59 Å². The molecule has 49 heavy (non-hydrogen) atoms. The molecule has 0 aliphatic heterocycles. The minimum atomic E-state index is -0.567. The van der Waals surface area contributed by atoms with Gasteiger partial charge in [0.15, 0.2) is 0 Å². The highest BCUT2D eigenvalue weighted by Gasteiger charge is 2.28. The van der Waals surface area contributed by atoms with Crippen LogP contribution in [0, 0.1) is 17.8 Å². The molecule has 3 aromatic rings. The molecule has 2 heterocycles. The van der Waals surface area contributed by atoms with Crippen LogP contribution in [-0.2, 0) is 16.0 Å². The van der Waals surface area contributed by atoms with Gasteiger partial charge in [-0.15, -0.1) is 0 Å². The first-order chi connectivity index (χ1) is 23.2. The lowest BCUT2D eigenvalue weighted by atomic mass is 9.95. The first-order valence-corrected chi connectivity index (χ1v) is 17.2. The molecule has 0 saturated heterocycles. The van der Waals surface area contributed by atoms with E-state index < -0.39 is 11.2 Å². The van der Waals surface area contributed by atoms with Gasteiger partial charge in [-0.1, -0.05) is 56.0 Å². The molecule has 10 nitrogen and oxygen atoms in total. The SMILES string of the molecule is CCCN(Cc1ncc(C2=CCC(C#Cc3ccc(-c4cnc(C(C)N(CCC)C(=O)OC(C)(C)C)[nH]4)cc3)C=C2)[nH]1)C(=O)OC(C)(C)C. The minimum Gasteiger partial charge on any atom is -0.444 e. The molecular weight excluding hydrogens is 616 g/mol. The van der Waals surface area contributed by atoms with Crippen molar-refractivity contribution in [2.24, 2.45) is 5.92 Å². The Morgan fingerprint density at radius 1 is 0.918 bits per heavy atom. The molecule has 2 unspecified atom stereocenters. The molecular formula is C39H52N6O4. The van der Waals surface area contributed by atoms with Crippen LogP contribution in [0.15, 0.2) is 54.9 Å². The minimum absolute atomic E-state index is 0.103. The van der Waals surface area contributed by atoms with Crippen LogP contribution in [0.2, 0.25) is 0 Å². The van der Waals surface area contributed by atoms with Gasteiger partial charge >= 0.3 is 12.2 Å². The first kappa shape index (κ1) is 37.0. The number of amides is 2. The fraction of sp³-hybridized carbons (Fsp3) is 0.487. The van der Waals surface area contributed by atoms with Gasteiger partial charge in [0, 0.05) is 24.6 Å². The van der Waals surface area contributed by atoms with Crippen molar-refractivity contribution in [2.45, 2.75) is 105 Å². The van der Waals surface area contributed by atoms with Crippen molar-refractivity contribution < 1.29 is 19.1 Å². The van der Waals surface area contributed by atoms with Crippen molar-refractivity contribution >= 4 is 17.8 Å². The fourth-order valence-electron chi connectivity index (χ4n) is 5.29. The number of aromatic nitrogens is 4. The van der Waals surface area contributed by atoms with E-state index in [0.29, 0.717) is 31.3 Å². The highest BCUT2D eigenvalue weighted by atomic mass is 16.6. The average molecular weight is 669 g/mol. The number of imidazole rings is 2. The zero-order chi connectivity index (χ0) is 35.8. The molecule has 0 bridgehead atoms. The molecule has 4 rings (SSSR count). The summed E-state index contributed by atoms with van der Waals surface area (Å²) in [5.41, 5.74) is 3.64. The Balaban J connectivity index is 1.34. The van der Waals surface area contributed by atoms with E-state index in [4.69, 9.17) is 9.47 Å². The molecule has 0 radical (unpaired) electrons. The molecule has 0 spiro atoms. The van der Waals surface area contributed by atoms with E-state index in [2.05, 4.69) is 50.0 Å². The molecule has 1 aliphatic carbocycles. The van der Waals surface area contributed by atoms with E-state index in [0.717, 1.165) is 47.4 Å². The van der Waals surface area contributed by atoms with Crippen LogP contribution in [-0.4, -0.2) is 66.2 Å². The zero-order valence-electron chi connectivity index (χ0n) is 30.5. The second-order valence-electron chi connectivity index (χ2n) is 14.4. The third-order valence-electron chi connectivity index (χ3n) is 7.67. The van der Waals surface area contributed by atoms with Gasteiger partial charge in [0.25, 0.3) is 0 Å². The lowest BCUT2D eigenvalue weighted by Crippen LogP contribution is -2.39. The smallest absolute Gasteiger partial charge is 0.410 e. The molecule has 1 aliphatic rings. The standard InChI is InChI=1S/C39H52N6O4/c1-10-22-44(36(46)48-38(4,5)6)26-34-40-24-32(42-34)30-18-14-28(15-19-30)12-13-29-16-20-31(21-17-29)33-25-41-35(43-33)27(3)45(23-11-2)37(47)49-39(7,8)9/h14,16-21,24-25,27-28H,10-11,15,22-23,26H2,1-9H3,(H,40,42)(H,41,43). The highest BCUT2D eigenvalue weighted by molar-refractivity contribution is 5.73.